The Hall–Kier alpha value is -2.86. The van der Waals surface area contributed by atoms with Gasteiger partial charge in [0.15, 0.2) is 11.5 Å². The van der Waals surface area contributed by atoms with Crippen molar-refractivity contribution in [3.63, 3.8) is 0 Å². The number of benzene rings is 1. The van der Waals surface area contributed by atoms with E-state index in [0.29, 0.717) is 16.5 Å². The number of hydrogen-bond donors (Lipinski definition) is 1. The molecule has 138 valence electrons. The fourth-order valence-corrected chi connectivity index (χ4v) is 3.50. The van der Waals surface area contributed by atoms with E-state index in [9.17, 15) is 4.79 Å². The maximum atomic E-state index is 12.5. The molecule has 7 heteroatoms. The number of piperidine rings is 1. The van der Waals surface area contributed by atoms with Gasteiger partial charge in [0.25, 0.3) is 5.91 Å². The minimum Gasteiger partial charge on any atom is -0.370 e. The molecule has 1 fully saturated rings. The number of hydrogen-bond acceptors (Lipinski definition) is 5. The van der Waals surface area contributed by atoms with E-state index in [4.69, 9.17) is 16.1 Å². The second-order valence-corrected chi connectivity index (χ2v) is 6.89. The molecule has 1 aliphatic rings. The maximum Gasteiger partial charge on any atom is 0.277 e. The molecular weight excluding hydrogens is 364 g/mol. The van der Waals surface area contributed by atoms with Gasteiger partial charge in [0, 0.05) is 42.8 Å². The fourth-order valence-electron chi connectivity index (χ4n) is 3.20. The van der Waals surface area contributed by atoms with Gasteiger partial charge >= 0.3 is 0 Å². The Labute approximate surface area is 162 Å². The van der Waals surface area contributed by atoms with Crippen LogP contribution < -0.4 is 10.2 Å². The molecule has 0 atom stereocenters. The molecule has 6 nitrogen and oxygen atoms in total. The zero-order valence-corrected chi connectivity index (χ0v) is 15.4. The number of amides is 1. The molecule has 0 spiro atoms. The van der Waals surface area contributed by atoms with Crippen molar-refractivity contribution >= 4 is 28.9 Å². The highest BCUT2D eigenvalue weighted by Crippen LogP contribution is 2.31. The Balaban J connectivity index is 1.47. The summed E-state index contributed by atoms with van der Waals surface area (Å²) in [5.41, 5.74) is 2.59. The Bertz CT molecular complexity index is 936. The number of rotatable bonds is 4. The zero-order valence-electron chi connectivity index (χ0n) is 14.7. The third kappa shape index (κ3) is 3.95. The Morgan fingerprint density at radius 3 is 2.74 bits per heavy atom. The van der Waals surface area contributed by atoms with E-state index in [1.807, 2.05) is 18.2 Å². The van der Waals surface area contributed by atoms with E-state index in [2.05, 4.69) is 20.4 Å². The highest BCUT2D eigenvalue weighted by molar-refractivity contribution is 6.33. The van der Waals surface area contributed by atoms with Gasteiger partial charge in [-0.05, 0) is 49.6 Å². The summed E-state index contributed by atoms with van der Waals surface area (Å²) in [6, 6.07) is 10.8. The number of carbonyl (C=O) groups excluding carboxylic acids is 1. The van der Waals surface area contributed by atoms with Crippen molar-refractivity contribution in [2.24, 2.45) is 0 Å². The SMILES string of the molecule is O=C(Nc1ccc(N2CCCCC2)c(Cl)c1)c1cc(-c2cccnc2)on1. The molecule has 0 saturated carbocycles. The Morgan fingerprint density at radius 2 is 2.00 bits per heavy atom. The van der Waals surface area contributed by atoms with Crippen LogP contribution in [0, 0.1) is 0 Å². The predicted molar refractivity (Wildman–Crippen MR) is 105 cm³/mol. The molecule has 2 aromatic heterocycles. The van der Waals surface area contributed by atoms with Gasteiger partial charge < -0.3 is 14.7 Å². The number of pyridine rings is 1. The minimum absolute atomic E-state index is 0.199. The second-order valence-electron chi connectivity index (χ2n) is 6.49. The normalized spacial score (nSPS) is 14.2. The van der Waals surface area contributed by atoms with Crippen molar-refractivity contribution in [1.29, 1.82) is 0 Å². The Morgan fingerprint density at radius 1 is 1.15 bits per heavy atom. The van der Waals surface area contributed by atoms with Crippen LogP contribution in [0.3, 0.4) is 0 Å². The van der Waals surface area contributed by atoms with Crippen LogP contribution in [-0.2, 0) is 0 Å². The van der Waals surface area contributed by atoms with Crippen LogP contribution >= 0.6 is 11.6 Å². The first-order valence-electron chi connectivity index (χ1n) is 8.94. The van der Waals surface area contributed by atoms with Gasteiger partial charge in [-0.3, -0.25) is 9.78 Å². The zero-order chi connectivity index (χ0) is 18.6. The third-order valence-electron chi connectivity index (χ3n) is 4.59. The summed E-state index contributed by atoms with van der Waals surface area (Å²) in [6.45, 7) is 2.03. The number of nitrogens with one attached hydrogen (secondary N) is 1. The molecule has 3 heterocycles. The van der Waals surface area contributed by atoms with Gasteiger partial charge in [-0.2, -0.15) is 0 Å². The largest absolute Gasteiger partial charge is 0.370 e. The molecule has 0 unspecified atom stereocenters. The molecule has 1 amide bonds. The summed E-state index contributed by atoms with van der Waals surface area (Å²) in [5.74, 6) is 0.141. The van der Waals surface area contributed by atoms with Crippen molar-refractivity contribution in [2.45, 2.75) is 19.3 Å². The van der Waals surface area contributed by atoms with Gasteiger partial charge in [0.1, 0.15) is 0 Å². The van der Waals surface area contributed by atoms with Crippen LogP contribution in [-0.4, -0.2) is 29.1 Å². The molecule has 1 N–H and O–H groups in total. The van der Waals surface area contributed by atoms with Gasteiger partial charge in [0.05, 0.1) is 10.7 Å². The molecule has 3 aromatic rings. The lowest BCUT2D eigenvalue weighted by atomic mass is 10.1. The van der Waals surface area contributed by atoms with Crippen LogP contribution in [0.2, 0.25) is 5.02 Å². The monoisotopic (exact) mass is 382 g/mol. The molecule has 0 aliphatic carbocycles. The highest BCUT2D eigenvalue weighted by atomic mass is 35.5. The number of halogens is 1. The molecule has 0 radical (unpaired) electrons. The van der Waals surface area contributed by atoms with Crippen LogP contribution in [0.5, 0.6) is 0 Å². The van der Waals surface area contributed by atoms with Gasteiger partial charge in [-0.15, -0.1) is 0 Å². The van der Waals surface area contributed by atoms with Gasteiger partial charge in [-0.1, -0.05) is 16.8 Å². The average molecular weight is 383 g/mol. The first-order valence-corrected chi connectivity index (χ1v) is 9.31. The molecule has 0 bridgehead atoms. The van der Waals surface area contributed by atoms with Gasteiger partial charge in [-0.25, -0.2) is 0 Å². The fraction of sp³-hybridized carbons (Fsp3) is 0.250. The summed E-state index contributed by atoms with van der Waals surface area (Å²) in [7, 11) is 0. The molecule has 1 saturated heterocycles. The quantitative estimate of drug-likeness (QED) is 0.712. The summed E-state index contributed by atoms with van der Waals surface area (Å²) >= 11 is 6.44. The van der Waals surface area contributed by atoms with E-state index >= 15 is 0 Å². The van der Waals surface area contributed by atoms with Crippen LogP contribution in [0.15, 0.2) is 53.3 Å². The van der Waals surface area contributed by atoms with E-state index in [1.54, 1.807) is 30.6 Å². The third-order valence-corrected chi connectivity index (χ3v) is 4.89. The topological polar surface area (TPSA) is 71.3 Å². The predicted octanol–water partition coefficient (Wildman–Crippen LogP) is 4.63. The van der Waals surface area contributed by atoms with Crippen LogP contribution in [0.4, 0.5) is 11.4 Å². The Kier molecular flexibility index (Phi) is 5.07. The first-order chi connectivity index (χ1) is 13.2. The molecular formula is C20H19ClN4O2. The lowest BCUT2D eigenvalue weighted by molar-refractivity contribution is 0.101. The van der Waals surface area contributed by atoms with E-state index in [-0.39, 0.29) is 11.6 Å². The van der Waals surface area contributed by atoms with Gasteiger partial charge in [0.2, 0.25) is 0 Å². The number of carbonyl (C=O) groups is 1. The highest BCUT2D eigenvalue weighted by Gasteiger charge is 2.17. The van der Waals surface area contributed by atoms with Crippen LogP contribution in [0.1, 0.15) is 29.8 Å². The smallest absolute Gasteiger partial charge is 0.277 e. The average Bonchev–Trinajstić information content (AvgIpc) is 3.20. The lowest BCUT2D eigenvalue weighted by Crippen LogP contribution is -2.29. The standard InChI is InChI=1S/C20H19ClN4O2/c21-16-11-15(6-7-18(16)25-9-2-1-3-10-25)23-20(26)17-12-19(27-24-17)14-5-4-8-22-13-14/h4-8,11-13H,1-3,9-10H2,(H,23,26). The summed E-state index contributed by atoms with van der Waals surface area (Å²) < 4.78 is 5.25. The maximum absolute atomic E-state index is 12.5. The van der Waals surface area contributed by atoms with Crippen molar-refractivity contribution in [3.8, 4) is 11.3 Å². The van der Waals surface area contributed by atoms with E-state index in [0.717, 1.165) is 24.3 Å². The molecule has 1 aromatic carbocycles. The van der Waals surface area contributed by atoms with Crippen molar-refractivity contribution in [1.82, 2.24) is 10.1 Å². The van der Waals surface area contributed by atoms with Crippen molar-refractivity contribution < 1.29 is 9.32 Å². The molecule has 1 aliphatic heterocycles. The number of anilines is 2. The van der Waals surface area contributed by atoms with Crippen LogP contribution in [0.25, 0.3) is 11.3 Å². The number of nitrogens with zero attached hydrogens (tertiary/aromatic N) is 3. The van der Waals surface area contributed by atoms with E-state index in [1.165, 1.54) is 19.3 Å². The van der Waals surface area contributed by atoms with Crippen molar-refractivity contribution in [3.05, 3.63) is 59.5 Å². The number of aromatic nitrogens is 2. The lowest BCUT2D eigenvalue weighted by Gasteiger charge is -2.29. The molecule has 4 rings (SSSR count). The molecule has 27 heavy (non-hydrogen) atoms. The first kappa shape index (κ1) is 17.5. The van der Waals surface area contributed by atoms with Crippen molar-refractivity contribution in [2.75, 3.05) is 23.3 Å². The summed E-state index contributed by atoms with van der Waals surface area (Å²) in [4.78, 5) is 18.8. The van der Waals surface area contributed by atoms with E-state index < -0.39 is 0 Å². The minimum atomic E-state index is -0.351. The summed E-state index contributed by atoms with van der Waals surface area (Å²) in [6.07, 6.45) is 6.95. The summed E-state index contributed by atoms with van der Waals surface area (Å²) in [5, 5.41) is 7.29. The second kappa shape index (κ2) is 7.80.